The maximum atomic E-state index is 6.23. The van der Waals surface area contributed by atoms with Crippen molar-refractivity contribution in [2.45, 2.75) is 116 Å². The Morgan fingerprint density at radius 1 is 0.958 bits per heavy atom. The highest BCUT2D eigenvalue weighted by atomic mass is 28.4. The summed E-state index contributed by atoms with van der Waals surface area (Å²) >= 11 is 0. The summed E-state index contributed by atoms with van der Waals surface area (Å²) in [6.07, 6.45) is 10.6. The second-order valence-electron chi connectivity index (χ2n) is 9.32. The average Bonchev–Trinajstić information content (AvgIpc) is 2.79. The molecular formula is C20H42O3Si. The van der Waals surface area contributed by atoms with Crippen molar-refractivity contribution in [1.82, 2.24) is 0 Å². The van der Waals surface area contributed by atoms with E-state index in [2.05, 4.69) is 33.9 Å². The van der Waals surface area contributed by atoms with Crippen molar-refractivity contribution in [3.8, 4) is 0 Å². The van der Waals surface area contributed by atoms with E-state index in [1.807, 2.05) is 13.8 Å². The molecule has 0 N–H and O–H groups in total. The quantitative estimate of drug-likeness (QED) is 0.321. The Balaban J connectivity index is 1.89. The van der Waals surface area contributed by atoms with Crippen LogP contribution in [0.1, 0.15) is 86.0 Å². The summed E-state index contributed by atoms with van der Waals surface area (Å²) in [7, 11) is -1.54. The van der Waals surface area contributed by atoms with Crippen LogP contribution in [-0.2, 0) is 13.9 Å². The molecule has 0 aromatic rings. The minimum atomic E-state index is -1.54. The van der Waals surface area contributed by atoms with Gasteiger partial charge in [0.1, 0.15) is 0 Å². The Morgan fingerprint density at radius 2 is 1.50 bits per heavy atom. The van der Waals surface area contributed by atoms with E-state index in [9.17, 15) is 0 Å². The summed E-state index contributed by atoms with van der Waals surface area (Å²) in [5, 5.41) is 0.330. The van der Waals surface area contributed by atoms with Gasteiger partial charge in [-0.25, -0.2) is 0 Å². The third-order valence-electron chi connectivity index (χ3n) is 5.51. The summed E-state index contributed by atoms with van der Waals surface area (Å²) in [5.41, 5.74) is 0. The summed E-state index contributed by atoms with van der Waals surface area (Å²) in [5.74, 6) is -0.364. The minimum absolute atomic E-state index is 0.312. The van der Waals surface area contributed by atoms with Gasteiger partial charge in [0.05, 0.1) is 12.7 Å². The Kier molecular flexibility index (Phi) is 8.95. The first-order valence-electron chi connectivity index (χ1n) is 9.99. The van der Waals surface area contributed by atoms with Gasteiger partial charge >= 0.3 is 0 Å². The van der Waals surface area contributed by atoms with Crippen molar-refractivity contribution in [3.63, 3.8) is 0 Å². The molecular weight excluding hydrogens is 316 g/mol. The van der Waals surface area contributed by atoms with Crippen molar-refractivity contribution >= 4 is 8.32 Å². The second kappa shape index (κ2) is 9.70. The van der Waals surface area contributed by atoms with Crippen LogP contribution in [0.25, 0.3) is 0 Å². The van der Waals surface area contributed by atoms with E-state index in [1.165, 1.54) is 44.9 Å². The van der Waals surface area contributed by atoms with Crippen molar-refractivity contribution in [1.29, 1.82) is 0 Å². The molecule has 24 heavy (non-hydrogen) atoms. The minimum Gasteiger partial charge on any atom is -0.417 e. The molecule has 1 atom stereocenters. The molecule has 1 rings (SSSR count). The molecule has 0 spiro atoms. The molecule has 0 aliphatic carbocycles. The molecule has 1 saturated heterocycles. The molecule has 0 amide bonds. The predicted molar refractivity (Wildman–Crippen MR) is 105 cm³/mol. The Bertz CT molecular complexity index is 347. The van der Waals surface area contributed by atoms with E-state index in [1.54, 1.807) is 0 Å². The van der Waals surface area contributed by atoms with Crippen LogP contribution in [0.2, 0.25) is 18.1 Å². The highest BCUT2D eigenvalue weighted by molar-refractivity contribution is 6.74. The van der Waals surface area contributed by atoms with Gasteiger partial charge in [-0.1, -0.05) is 59.3 Å². The molecule has 1 heterocycles. The summed E-state index contributed by atoms with van der Waals surface area (Å²) < 4.78 is 17.7. The van der Waals surface area contributed by atoms with Gasteiger partial charge in [0.25, 0.3) is 0 Å². The van der Waals surface area contributed by atoms with Crippen molar-refractivity contribution in [2.75, 3.05) is 13.2 Å². The van der Waals surface area contributed by atoms with Gasteiger partial charge in [0.15, 0.2) is 14.1 Å². The topological polar surface area (TPSA) is 27.7 Å². The van der Waals surface area contributed by atoms with E-state index in [0.717, 1.165) is 19.6 Å². The fraction of sp³-hybridized carbons (Fsp3) is 1.00. The van der Waals surface area contributed by atoms with Crippen LogP contribution in [0.3, 0.4) is 0 Å². The first-order valence-corrected chi connectivity index (χ1v) is 12.9. The molecule has 1 unspecified atom stereocenters. The van der Waals surface area contributed by atoms with Gasteiger partial charge in [-0.3, -0.25) is 0 Å². The summed E-state index contributed by atoms with van der Waals surface area (Å²) in [6.45, 7) is 17.3. The normalized spacial score (nSPS) is 21.4. The maximum absolute atomic E-state index is 6.23. The van der Waals surface area contributed by atoms with Crippen LogP contribution < -0.4 is 0 Å². The first-order chi connectivity index (χ1) is 11.0. The zero-order valence-electron chi connectivity index (χ0n) is 17.4. The van der Waals surface area contributed by atoms with Crippen molar-refractivity contribution < 1.29 is 13.9 Å². The molecule has 1 fully saturated rings. The molecule has 0 bridgehead atoms. The number of rotatable bonds is 11. The molecule has 0 aromatic heterocycles. The molecule has 3 nitrogen and oxygen atoms in total. The highest BCUT2D eigenvalue weighted by Crippen LogP contribution is 2.36. The zero-order chi connectivity index (χ0) is 18.3. The second-order valence-corrected chi connectivity index (χ2v) is 14.1. The molecule has 1 aliphatic heterocycles. The molecule has 1 aliphatic rings. The number of hydrogen-bond acceptors (Lipinski definition) is 3. The lowest BCUT2D eigenvalue weighted by Gasteiger charge is -2.36. The lowest BCUT2D eigenvalue weighted by atomic mass is 10.1. The number of ether oxygens (including phenoxy) is 2. The van der Waals surface area contributed by atoms with E-state index in [4.69, 9.17) is 13.9 Å². The largest absolute Gasteiger partial charge is 0.417 e. The third-order valence-corrected chi connectivity index (χ3v) is 10.0. The van der Waals surface area contributed by atoms with Crippen LogP contribution in [0, 0.1) is 0 Å². The van der Waals surface area contributed by atoms with Crippen LogP contribution in [0.4, 0.5) is 0 Å². The first kappa shape index (κ1) is 22.1. The van der Waals surface area contributed by atoms with E-state index >= 15 is 0 Å². The SMILES string of the molecule is CC1(C)OCC(CCCCCCCCCO[Si](C)(C)C(C)(C)C)O1. The monoisotopic (exact) mass is 358 g/mol. The Hall–Kier alpha value is 0.0969. The standard InChI is InChI=1S/C20H42O3Si/c1-19(2,3)24(6,7)22-16-14-12-10-8-9-11-13-15-18-17-21-20(4,5)23-18/h18H,8-17H2,1-7H3. The lowest BCUT2D eigenvalue weighted by Crippen LogP contribution is -2.40. The zero-order valence-corrected chi connectivity index (χ0v) is 18.4. The van der Waals surface area contributed by atoms with Crippen LogP contribution in [0.5, 0.6) is 0 Å². The van der Waals surface area contributed by atoms with E-state index in [-0.39, 0.29) is 5.79 Å². The number of unbranched alkanes of at least 4 members (excludes halogenated alkanes) is 6. The fourth-order valence-corrected chi connectivity index (χ4v) is 3.89. The summed E-state index contributed by atoms with van der Waals surface area (Å²) in [6, 6.07) is 0. The molecule has 0 radical (unpaired) electrons. The van der Waals surface area contributed by atoms with Gasteiger partial charge in [-0.2, -0.15) is 0 Å². The number of hydrogen-bond donors (Lipinski definition) is 0. The molecule has 144 valence electrons. The Morgan fingerprint density at radius 3 is 2.00 bits per heavy atom. The maximum Gasteiger partial charge on any atom is 0.191 e. The average molecular weight is 359 g/mol. The molecule has 4 heteroatoms. The predicted octanol–water partition coefficient (Wildman–Crippen LogP) is 6.28. The highest BCUT2D eigenvalue weighted by Gasteiger charge is 2.36. The van der Waals surface area contributed by atoms with Gasteiger partial charge in [0, 0.05) is 6.61 Å². The van der Waals surface area contributed by atoms with Crippen LogP contribution in [-0.4, -0.2) is 33.4 Å². The van der Waals surface area contributed by atoms with E-state index < -0.39 is 8.32 Å². The van der Waals surface area contributed by atoms with Gasteiger partial charge in [0.2, 0.25) is 0 Å². The van der Waals surface area contributed by atoms with Gasteiger partial charge in [-0.15, -0.1) is 0 Å². The summed E-state index contributed by atoms with van der Waals surface area (Å²) in [4.78, 5) is 0. The van der Waals surface area contributed by atoms with Crippen molar-refractivity contribution in [3.05, 3.63) is 0 Å². The molecule has 0 saturated carbocycles. The van der Waals surface area contributed by atoms with Crippen LogP contribution >= 0.6 is 0 Å². The van der Waals surface area contributed by atoms with Crippen LogP contribution in [0.15, 0.2) is 0 Å². The lowest BCUT2D eigenvalue weighted by molar-refractivity contribution is -0.139. The van der Waals surface area contributed by atoms with E-state index in [0.29, 0.717) is 11.1 Å². The smallest absolute Gasteiger partial charge is 0.191 e. The molecule has 0 aromatic carbocycles. The van der Waals surface area contributed by atoms with Gasteiger partial charge < -0.3 is 13.9 Å². The third kappa shape index (κ3) is 8.46. The van der Waals surface area contributed by atoms with Gasteiger partial charge in [-0.05, 0) is 44.8 Å². The van der Waals surface area contributed by atoms with Crippen molar-refractivity contribution in [2.24, 2.45) is 0 Å². The fourth-order valence-electron chi connectivity index (χ4n) is 2.81. The Labute approximate surface area is 152 Å².